The van der Waals surface area contributed by atoms with Crippen LogP contribution in [0.25, 0.3) is 12.2 Å². The molecule has 3 heteroatoms. The van der Waals surface area contributed by atoms with Gasteiger partial charge >= 0.3 is 0 Å². The second kappa shape index (κ2) is 6.57. The van der Waals surface area contributed by atoms with E-state index in [0.717, 1.165) is 0 Å². The summed E-state index contributed by atoms with van der Waals surface area (Å²) in [6.07, 6.45) is 4.84. The number of rotatable bonds is 2. The summed E-state index contributed by atoms with van der Waals surface area (Å²) in [5.41, 5.74) is 12.7. The average Bonchev–Trinajstić information content (AvgIpc) is 3.12. The van der Waals surface area contributed by atoms with Gasteiger partial charge in [0.05, 0.1) is 8.07 Å². The number of hydrogen-bond donors (Lipinski definition) is 0. The van der Waals surface area contributed by atoms with Gasteiger partial charge < -0.3 is 0 Å². The molecule has 2 aromatic carbocycles. The SMILES string of the molecule is CC1=Cc2c(ccc(C)c2Br)C1[Si](C)(C)C1C(C)=Cc2c1ccc(C)c2Br. The van der Waals surface area contributed by atoms with E-state index in [1.807, 2.05) is 0 Å². The van der Waals surface area contributed by atoms with Gasteiger partial charge in [-0.15, -0.1) is 0 Å². The highest BCUT2D eigenvalue weighted by molar-refractivity contribution is 9.11. The minimum absolute atomic E-state index is 0.559. The number of allylic oxidation sites excluding steroid dienone is 2. The van der Waals surface area contributed by atoms with Crippen molar-refractivity contribution in [1.82, 2.24) is 0 Å². The Kier molecular flexibility index (Phi) is 4.72. The highest BCUT2D eigenvalue weighted by Gasteiger charge is 2.47. The maximum Gasteiger partial charge on any atom is 0.0722 e. The molecule has 2 atom stereocenters. The topological polar surface area (TPSA) is 0 Å². The summed E-state index contributed by atoms with van der Waals surface area (Å²) in [4.78, 5) is 0. The first-order valence-electron chi connectivity index (χ1n) is 9.59. The van der Waals surface area contributed by atoms with E-state index >= 15 is 0 Å². The molecule has 0 fully saturated rings. The molecule has 2 aromatic rings. The van der Waals surface area contributed by atoms with Gasteiger partial charge in [-0.3, -0.25) is 0 Å². The quantitative estimate of drug-likeness (QED) is 0.363. The third kappa shape index (κ3) is 2.80. The largest absolute Gasteiger partial charge is 0.0722 e. The number of fused-ring (bicyclic) bond motifs is 2. The van der Waals surface area contributed by atoms with Gasteiger partial charge in [0, 0.05) is 20.0 Å². The molecule has 2 aliphatic carbocycles. The van der Waals surface area contributed by atoms with Crippen LogP contribution in [0.2, 0.25) is 13.1 Å². The highest BCUT2D eigenvalue weighted by Crippen LogP contribution is 2.54. The fraction of sp³-hybridized carbons (Fsp3) is 0.333. The molecule has 4 rings (SSSR count). The molecule has 0 N–H and O–H groups in total. The van der Waals surface area contributed by atoms with E-state index in [1.165, 1.54) is 53.5 Å². The van der Waals surface area contributed by atoms with Crippen LogP contribution in [0, 0.1) is 13.8 Å². The van der Waals surface area contributed by atoms with Crippen LogP contribution in [-0.2, 0) is 0 Å². The zero-order valence-electron chi connectivity index (χ0n) is 16.9. The third-order valence-corrected chi connectivity index (χ3v) is 13.2. The van der Waals surface area contributed by atoms with Gasteiger partial charge in [0.1, 0.15) is 0 Å². The Morgan fingerprint density at radius 3 is 1.41 bits per heavy atom. The molecular weight excluding hydrogens is 476 g/mol. The number of halogens is 2. The lowest BCUT2D eigenvalue weighted by atomic mass is 10.1. The van der Waals surface area contributed by atoms with Gasteiger partial charge in [-0.05, 0) is 92.9 Å². The molecule has 0 saturated carbocycles. The molecule has 0 saturated heterocycles. The van der Waals surface area contributed by atoms with Crippen LogP contribution in [0.5, 0.6) is 0 Å². The summed E-state index contributed by atoms with van der Waals surface area (Å²) in [5, 5.41) is 0. The fourth-order valence-corrected chi connectivity index (χ4v) is 11.4. The van der Waals surface area contributed by atoms with E-state index in [-0.39, 0.29) is 0 Å². The molecule has 0 aliphatic heterocycles. The fourth-order valence-electron chi connectivity index (χ4n) is 5.48. The Labute approximate surface area is 181 Å². The zero-order chi connectivity index (χ0) is 19.7. The van der Waals surface area contributed by atoms with Gasteiger partial charge in [0.25, 0.3) is 0 Å². The number of benzene rings is 2. The molecule has 0 heterocycles. The lowest BCUT2D eigenvalue weighted by molar-refractivity contribution is 0.966. The van der Waals surface area contributed by atoms with E-state index in [0.29, 0.717) is 11.1 Å². The van der Waals surface area contributed by atoms with E-state index < -0.39 is 8.07 Å². The van der Waals surface area contributed by atoms with Crippen LogP contribution in [0.1, 0.15) is 58.3 Å². The van der Waals surface area contributed by atoms with Crippen LogP contribution >= 0.6 is 31.9 Å². The Bertz CT molecular complexity index is 946. The summed E-state index contributed by atoms with van der Waals surface area (Å²) in [6, 6.07) is 9.31. The summed E-state index contributed by atoms with van der Waals surface area (Å²) in [6.45, 7) is 14.2. The predicted octanol–water partition coefficient (Wildman–Crippen LogP) is 8.32. The van der Waals surface area contributed by atoms with Gasteiger partial charge in [-0.2, -0.15) is 0 Å². The number of hydrogen-bond acceptors (Lipinski definition) is 0. The molecule has 0 nitrogen and oxygen atoms in total. The Morgan fingerprint density at radius 1 is 0.667 bits per heavy atom. The summed E-state index contributed by atoms with van der Waals surface area (Å²) in [7, 11) is -1.72. The third-order valence-electron chi connectivity index (χ3n) is 6.58. The van der Waals surface area contributed by atoms with Crippen molar-refractivity contribution in [1.29, 1.82) is 0 Å². The van der Waals surface area contributed by atoms with Crippen LogP contribution in [0.3, 0.4) is 0 Å². The Morgan fingerprint density at radius 2 is 1.04 bits per heavy atom. The second-order valence-corrected chi connectivity index (χ2v) is 15.2. The maximum absolute atomic E-state index is 3.84. The van der Waals surface area contributed by atoms with E-state index in [2.05, 4.69) is 109 Å². The highest BCUT2D eigenvalue weighted by atomic mass is 79.9. The van der Waals surface area contributed by atoms with Crippen LogP contribution in [0.15, 0.2) is 44.4 Å². The van der Waals surface area contributed by atoms with Crippen molar-refractivity contribution in [3.63, 3.8) is 0 Å². The van der Waals surface area contributed by atoms with Crippen LogP contribution in [-0.4, -0.2) is 8.07 Å². The first kappa shape index (κ1) is 19.4. The predicted molar refractivity (Wildman–Crippen MR) is 128 cm³/mol. The lowest BCUT2D eigenvalue weighted by Gasteiger charge is -2.39. The minimum atomic E-state index is -1.72. The van der Waals surface area contributed by atoms with Crippen LogP contribution in [0.4, 0.5) is 0 Å². The number of aryl methyl sites for hydroxylation is 2. The molecule has 140 valence electrons. The van der Waals surface area contributed by atoms with E-state index in [1.54, 1.807) is 0 Å². The minimum Gasteiger partial charge on any atom is -0.0679 e. The Hall–Kier alpha value is -0.903. The molecule has 0 bridgehead atoms. The first-order valence-corrected chi connectivity index (χ1v) is 14.3. The van der Waals surface area contributed by atoms with Crippen molar-refractivity contribution >= 4 is 52.1 Å². The maximum atomic E-state index is 3.84. The normalized spacial score (nSPS) is 21.0. The van der Waals surface area contributed by atoms with Crippen molar-refractivity contribution < 1.29 is 0 Å². The standard InChI is InChI=1S/C24H26Br2Si/c1-13-7-9-17-19(21(13)25)11-15(3)23(17)27(5,6)24-16(4)12-20-18(24)10-8-14(2)22(20)26/h7-12,23-24H,1-6H3. The smallest absolute Gasteiger partial charge is 0.0679 e. The molecule has 0 aromatic heterocycles. The second-order valence-electron chi connectivity index (χ2n) is 8.86. The van der Waals surface area contributed by atoms with Crippen molar-refractivity contribution in [3.05, 3.63) is 77.7 Å². The monoisotopic (exact) mass is 500 g/mol. The van der Waals surface area contributed by atoms with Crippen molar-refractivity contribution in [2.75, 3.05) is 0 Å². The molecule has 2 aliphatic rings. The lowest BCUT2D eigenvalue weighted by Crippen LogP contribution is -2.42. The van der Waals surface area contributed by atoms with Crippen LogP contribution < -0.4 is 0 Å². The van der Waals surface area contributed by atoms with Gasteiger partial charge in [-0.1, -0.05) is 60.7 Å². The van der Waals surface area contributed by atoms with Gasteiger partial charge in [-0.25, -0.2) is 0 Å². The molecule has 0 spiro atoms. The molecule has 27 heavy (non-hydrogen) atoms. The molecular formula is C24H26Br2Si. The van der Waals surface area contributed by atoms with E-state index in [4.69, 9.17) is 0 Å². The first-order chi connectivity index (χ1) is 12.6. The molecule has 2 unspecified atom stereocenters. The van der Waals surface area contributed by atoms with Crippen molar-refractivity contribution in [2.45, 2.75) is 51.9 Å². The average molecular weight is 502 g/mol. The van der Waals surface area contributed by atoms with Gasteiger partial charge in [0.2, 0.25) is 0 Å². The van der Waals surface area contributed by atoms with Gasteiger partial charge in [0.15, 0.2) is 0 Å². The summed E-state index contributed by atoms with van der Waals surface area (Å²) in [5.74, 6) is 0. The van der Waals surface area contributed by atoms with E-state index in [9.17, 15) is 0 Å². The summed E-state index contributed by atoms with van der Waals surface area (Å²) < 4.78 is 2.54. The summed E-state index contributed by atoms with van der Waals surface area (Å²) >= 11 is 7.69. The van der Waals surface area contributed by atoms with Crippen molar-refractivity contribution in [3.8, 4) is 0 Å². The molecule has 0 radical (unpaired) electrons. The van der Waals surface area contributed by atoms with Crippen molar-refractivity contribution in [2.24, 2.45) is 0 Å². The zero-order valence-corrected chi connectivity index (χ0v) is 21.0. The Balaban J connectivity index is 1.86. The molecule has 0 amide bonds.